The molecule has 1 aromatic heterocycles. The predicted molar refractivity (Wildman–Crippen MR) is 62.5 cm³/mol. The Bertz CT molecular complexity index is 628. The van der Waals surface area contributed by atoms with Gasteiger partial charge in [-0.2, -0.15) is 5.10 Å². The zero-order chi connectivity index (χ0) is 13.6. The average molecular weight is 269 g/mol. The van der Waals surface area contributed by atoms with Gasteiger partial charge in [0.05, 0.1) is 12.1 Å². The molecule has 19 heavy (non-hydrogen) atoms. The molecule has 0 saturated carbocycles. The SMILES string of the molecule is OB(O)c1nn(C2NCCO2)c2cc(F)c(F)cc12. The van der Waals surface area contributed by atoms with E-state index in [-0.39, 0.29) is 16.5 Å². The molecule has 0 bridgehead atoms. The molecule has 1 aliphatic rings. The number of benzene rings is 1. The molecular formula is C10H10BF2N3O3. The van der Waals surface area contributed by atoms with Crippen molar-refractivity contribution in [3.8, 4) is 0 Å². The first-order chi connectivity index (χ1) is 9.08. The van der Waals surface area contributed by atoms with Gasteiger partial charge in [-0.25, -0.2) is 13.5 Å². The Labute approximate surface area is 106 Å². The van der Waals surface area contributed by atoms with Crippen LogP contribution in [0, 0.1) is 11.6 Å². The number of rotatable bonds is 2. The van der Waals surface area contributed by atoms with Crippen LogP contribution in [0.25, 0.3) is 10.9 Å². The molecule has 2 heterocycles. The van der Waals surface area contributed by atoms with Crippen LogP contribution in [0.1, 0.15) is 6.35 Å². The molecule has 1 aliphatic heterocycles. The maximum atomic E-state index is 13.3. The standard InChI is InChI=1S/C10H10BF2N3O3/c12-6-3-5-8(4-7(6)13)16(10-14-1-2-19-10)15-9(5)11(17)18/h3-4,10,14,17-18H,1-2H2. The highest BCUT2D eigenvalue weighted by Crippen LogP contribution is 2.21. The Morgan fingerprint density at radius 3 is 2.74 bits per heavy atom. The van der Waals surface area contributed by atoms with Crippen LogP contribution in [0.15, 0.2) is 12.1 Å². The van der Waals surface area contributed by atoms with E-state index >= 15 is 0 Å². The Morgan fingerprint density at radius 2 is 2.11 bits per heavy atom. The lowest BCUT2D eigenvalue weighted by atomic mass is 9.84. The van der Waals surface area contributed by atoms with E-state index in [1.807, 2.05) is 0 Å². The highest BCUT2D eigenvalue weighted by atomic mass is 19.2. The first-order valence-electron chi connectivity index (χ1n) is 5.66. The number of nitrogens with zero attached hydrogens (tertiary/aromatic N) is 2. The van der Waals surface area contributed by atoms with Gasteiger partial charge in [-0.15, -0.1) is 0 Å². The van der Waals surface area contributed by atoms with E-state index in [2.05, 4.69) is 10.4 Å². The Morgan fingerprint density at radius 1 is 1.37 bits per heavy atom. The minimum Gasteiger partial charge on any atom is -0.422 e. The van der Waals surface area contributed by atoms with E-state index in [0.29, 0.717) is 13.2 Å². The minimum absolute atomic E-state index is 0.131. The first kappa shape index (κ1) is 12.5. The fraction of sp³-hybridized carbons (Fsp3) is 0.300. The lowest BCUT2D eigenvalue weighted by Crippen LogP contribution is -2.33. The topological polar surface area (TPSA) is 79.5 Å². The number of halogens is 2. The van der Waals surface area contributed by atoms with Gasteiger partial charge >= 0.3 is 7.12 Å². The number of fused-ring (bicyclic) bond motifs is 1. The molecule has 0 spiro atoms. The molecule has 1 fully saturated rings. The molecular weight excluding hydrogens is 259 g/mol. The maximum Gasteiger partial charge on any atom is 0.510 e. The van der Waals surface area contributed by atoms with Crippen LogP contribution in [-0.2, 0) is 4.74 Å². The summed E-state index contributed by atoms with van der Waals surface area (Å²) in [7, 11) is -1.88. The number of nitrogens with one attached hydrogen (secondary N) is 1. The van der Waals surface area contributed by atoms with E-state index < -0.39 is 25.1 Å². The van der Waals surface area contributed by atoms with Crippen LogP contribution in [-0.4, -0.2) is 40.1 Å². The smallest absolute Gasteiger partial charge is 0.422 e. The predicted octanol–water partition coefficient (Wildman–Crippen LogP) is -0.930. The summed E-state index contributed by atoms with van der Waals surface area (Å²) in [4.78, 5) is 0. The lowest BCUT2D eigenvalue weighted by Gasteiger charge is -2.11. The summed E-state index contributed by atoms with van der Waals surface area (Å²) >= 11 is 0. The summed E-state index contributed by atoms with van der Waals surface area (Å²) in [6, 6.07) is 1.84. The van der Waals surface area contributed by atoms with E-state index in [1.54, 1.807) is 0 Å². The normalized spacial score (nSPS) is 19.3. The van der Waals surface area contributed by atoms with Gasteiger partial charge in [0.15, 0.2) is 11.6 Å². The molecule has 0 amide bonds. The summed E-state index contributed by atoms with van der Waals surface area (Å²) in [6.07, 6.45) is -0.639. The van der Waals surface area contributed by atoms with Crippen LogP contribution >= 0.6 is 0 Å². The zero-order valence-electron chi connectivity index (χ0n) is 9.68. The zero-order valence-corrected chi connectivity index (χ0v) is 9.68. The highest BCUT2D eigenvalue weighted by Gasteiger charge is 2.27. The molecule has 100 valence electrons. The van der Waals surface area contributed by atoms with Crippen LogP contribution in [0.5, 0.6) is 0 Å². The summed E-state index contributed by atoms with van der Waals surface area (Å²) in [6.45, 7) is 1.04. The van der Waals surface area contributed by atoms with Gasteiger partial charge in [-0.1, -0.05) is 0 Å². The molecule has 1 saturated heterocycles. The molecule has 1 aromatic carbocycles. The highest BCUT2D eigenvalue weighted by molar-refractivity contribution is 6.60. The Hall–Kier alpha value is -1.55. The van der Waals surface area contributed by atoms with Crippen molar-refractivity contribution in [1.29, 1.82) is 0 Å². The van der Waals surface area contributed by atoms with Crippen molar-refractivity contribution in [2.24, 2.45) is 0 Å². The van der Waals surface area contributed by atoms with E-state index in [0.717, 1.165) is 12.1 Å². The molecule has 3 rings (SSSR count). The van der Waals surface area contributed by atoms with Crippen molar-refractivity contribution in [1.82, 2.24) is 15.1 Å². The molecule has 1 atom stereocenters. The van der Waals surface area contributed by atoms with Crippen molar-refractivity contribution in [3.05, 3.63) is 23.8 Å². The number of hydrogen-bond acceptors (Lipinski definition) is 5. The molecule has 3 N–H and O–H groups in total. The van der Waals surface area contributed by atoms with Crippen LogP contribution in [0.2, 0.25) is 0 Å². The Kier molecular flexibility index (Phi) is 2.98. The number of aromatic nitrogens is 2. The molecule has 6 nitrogen and oxygen atoms in total. The maximum absolute atomic E-state index is 13.3. The summed E-state index contributed by atoms with van der Waals surface area (Å²) in [5.41, 5.74) is 0.0765. The third-order valence-corrected chi connectivity index (χ3v) is 2.94. The van der Waals surface area contributed by atoms with Crippen LogP contribution in [0.3, 0.4) is 0 Å². The van der Waals surface area contributed by atoms with Crippen molar-refractivity contribution in [2.75, 3.05) is 13.2 Å². The van der Waals surface area contributed by atoms with Gasteiger partial charge in [-0.05, 0) is 6.07 Å². The van der Waals surface area contributed by atoms with Crippen molar-refractivity contribution < 1.29 is 23.6 Å². The largest absolute Gasteiger partial charge is 0.510 e. The van der Waals surface area contributed by atoms with Crippen LogP contribution < -0.4 is 10.9 Å². The van der Waals surface area contributed by atoms with E-state index in [4.69, 9.17) is 4.74 Å². The van der Waals surface area contributed by atoms with Crippen molar-refractivity contribution >= 4 is 23.6 Å². The van der Waals surface area contributed by atoms with Gasteiger partial charge in [0.1, 0.15) is 5.59 Å². The van der Waals surface area contributed by atoms with Gasteiger partial charge in [-0.3, -0.25) is 5.32 Å². The van der Waals surface area contributed by atoms with E-state index in [9.17, 15) is 18.8 Å². The van der Waals surface area contributed by atoms with Crippen LogP contribution in [0.4, 0.5) is 8.78 Å². The van der Waals surface area contributed by atoms with E-state index in [1.165, 1.54) is 4.68 Å². The third kappa shape index (κ3) is 2.00. The quantitative estimate of drug-likeness (QED) is 0.614. The second-order valence-electron chi connectivity index (χ2n) is 4.16. The third-order valence-electron chi connectivity index (χ3n) is 2.94. The Balaban J connectivity index is 2.23. The number of ether oxygens (including phenoxy) is 1. The van der Waals surface area contributed by atoms with Gasteiger partial charge in [0, 0.05) is 18.0 Å². The summed E-state index contributed by atoms with van der Waals surface area (Å²) in [5, 5.41) is 25.5. The number of hydrogen-bond donors (Lipinski definition) is 3. The van der Waals surface area contributed by atoms with Crippen molar-refractivity contribution in [2.45, 2.75) is 6.35 Å². The monoisotopic (exact) mass is 269 g/mol. The summed E-state index contributed by atoms with van der Waals surface area (Å²) < 4.78 is 33.2. The molecule has 0 aliphatic carbocycles. The van der Waals surface area contributed by atoms with Gasteiger partial charge < -0.3 is 14.8 Å². The fourth-order valence-electron chi connectivity index (χ4n) is 2.09. The molecule has 2 aromatic rings. The van der Waals surface area contributed by atoms with Gasteiger partial charge in [0.25, 0.3) is 0 Å². The molecule has 1 unspecified atom stereocenters. The molecule has 9 heteroatoms. The second-order valence-corrected chi connectivity index (χ2v) is 4.16. The van der Waals surface area contributed by atoms with Crippen molar-refractivity contribution in [3.63, 3.8) is 0 Å². The second kappa shape index (κ2) is 4.53. The summed E-state index contributed by atoms with van der Waals surface area (Å²) in [5.74, 6) is -2.11. The van der Waals surface area contributed by atoms with Gasteiger partial charge in [0.2, 0.25) is 6.35 Å². The minimum atomic E-state index is -1.88. The fourth-order valence-corrected chi connectivity index (χ4v) is 2.09. The first-order valence-corrected chi connectivity index (χ1v) is 5.66. The molecule has 0 radical (unpaired) electrons. The average Bonchev–Trinajstić information content (AvgIpc) is 2.96. The lowest BCUT2D eigenvalue weighted by molar-refractivity contribution is 0.0382.